The van der Waals surface area contributed by atoms with Crippen molar-refractivity contribution < 1.29 is 19.4 Å². The number of hydrogen-bond acceptors (Lipinski definition) is 3. The number of anilines is 1. The van der Waals surface area contributed by atoms with Crippen molar-refractivity contribution in [2.75, 3.05) is 12.4 Å². The topological polar surface area (TPSA) is 87.7 Å². The van der Waals surface area contributed by atoms with E-state index < -0.39 is 5.97 Å². The predicted octanol–water partition coefficient (Wildman–Crippen LogP) is 2.38. The van der Waals surface area contributed by atoms with Gasteiger partial charge in [0, 0.05) is 18.8 Å². The minimum atomic E-state index is -1.02. The molecule has 3 N–H and O–H groups in total. The molecule has 6 nitrogen and oxygen atoms in total. The first-order valence-electron chi connectivity index (χ1n) is 6.94. The lowest BCUT2D eigenvalue weighted by Gasteiger charge is -2.15. The van der Waals surface area contributed by atoms with Crippen LogP contribution in [0.25, 0.3) is 0 Å². The van der Waals surface area contributed by atoms with Gasteiger partial charge in [0.25, 0.3) is 0 Å². The van der Waals surface area contributed by atoms with Gasteiger partial charge < -0.3 is 20.5 Å². The lowest BCUT2D eigenvalue weighted by Crippen LogP contribution is -2.37. The molecule has 0 aliphatic heterocycles. The summed E-state index contributed by atoms with van der Waals surface area (Å²) >= 11 is 0. The Morgan fingerprint density at radius 2 is 2.10 bits per heavy atom. The highest BCUT2D eigenvalue weighted by atomic mass is 16.5. The lowest BCUT2D eigenvalue weighted by atomic mass is 10.1. The third kappa shape index (κ3) is 3.95. The number of carbonyl (C=O) groups is 2. The third-order valence-corrected chi connectivity index (χ3v) is 3.79. The maximum atomic E-state index is 12.0. The molecule has 0 saturated heterocycles. The second-order valence-electron chi connectivity index (χ2n) is 5.30. The molecule has 1 aliphatic carbocycles. The fourth-order valence-corrected chi connectivity index (χ4v) is 2.52. The van der Waals surface area contributed by atoms with E-state index >= 15 is 0 Å². The van der Waals surface area contributed by atoms with Crippen molar-refractivity contribution in [3.8, 4) is 0 Å². The van der Waals surface area contributed by atoms with E-state index in [1.54, 1.807) is 13.2 Å². The number of carboxylic acids is 1. The number of benzene rings is 1. The number of hydrogen-bond donors (Lipinski definition) is 3. The van der Waals surface area contributed by atoms with E-state index in [1.165, 1.54) is 12.1 Å². The molecule has 2 rings (SSSR count). The summed E-state index contributed by atoms with van der Waals surface area (Å²) in [5.74, 6) is -1.02. The average molecular weight is 292 g/mol. The number of carboxylic acid groups (broad SMARTS) is 1. The number of urea groups is 1. The molecule has 0 spiro atoms. The Morgan fingerprint density at radius 3 is 2.71 bits per heavy atom. The van der Waals surface area contributed by atoms with Crippen LogP contribution < -0.4 is 10.6 Å². The van der Waals surface area contributed by atoms with Crippen molar-refractivity contribution in [3.63, 3.8) is 0 Å². The molecule has 1 fully saturated rings. The highest BCUT2D eigenvalue weighted by Crippen LogP contribution is 2.22. The highest BCUT2D eigenvalue weighted by molar-refractivity contribution is 5.94. The van der Waals surface area contributed by atoms with Crippen molar-refractivity contribution in [1.82, 2.24) is 5.32 Å². The Labute approximate surface area is 123 Å². The zero-order valence-corrected chi connectivity index (χ0v) is 12.2. The maximum absolute atomic E-state index is 12.0. The summed E-state index contributed by atoms with van der Waals surface area (Å²) in [6, 6.07) is 4.43. The van der Waals surface area contributed by atoms with Crippen LogP contribution >= 0.6 is 0 Å². The van der Waals surface area contributed by atoms with E-state index in [0.717, 1.165) is 24.8 Å². The Kier molecular flexibility index (Phi) is 4.80. The predicted molar refractivity (Wildman–Crippen MR) is 78.7 cm³/mol. The Hall–Kier alpha value is -2.08. The van der Waals surface area contributed by atoms with Crippen LogP contribution in [-0.2, 0) is 4.74 Å². The van der Waals surface area contributed by atoms with E-state index in [9.17, 15) is 9.59 Å². The lowest BCUT2D eigenvalue weighted by molar-refractivity contribution is 0.0697. The fourth-order valence-electron chi connectivity index (χ4n) is 2.52. The monoisotopic (exact) mass is 292 g/mol. The van der Waals surface area contributed by atoms with E-state index in [2.05, 4.69) is 10.6 Å². The summed E-state index contributed by atoms with van der Waals surface area (Å²) < 4.78 is 5.27. The molecular weight excluding hydrogens is 272 g/mol. The van der Waals surface area contributed by atoms with Gasteiger partial charge in [0.05, 0.1) is 11.7 Å². The van der Waals surface area contributed by atoms with E-state index in [1.807, 2.05) is 6.92 Å². The molecule has 0 bridgehead atoms. The van der Waals surface area contributed by atoms with Gasteiger partial charge in [0.2, 0.25) is 0 Å². The zero-order chi connectivity index (χ0) is 15.4. The van der Waals surface area contributed by atoms with Crippen molar-refractivity contribution in [1.29, 1.82) is 0 Å². The molecule has 1 aromatic rings. The molecule has 0 heterocycles. The molecule has 2 unspecified atom stereocenters. The summed E-state index contributed by atoms with van der Waals surface area (Å²) in [6.45, 7) is 1.82. The number of carbonyl (C=O) groups excluding carboxylic acids is 1. The van der Waals surface area contributed by atoms with Crippen LogP contribution in [0.4, 0.5) is 10.5 Å². The molecule has 0 aromatic heterocycles. The van der Waals surface area contributed by atoms with Crippen LogP contribution in [0.2, 0.25) is 0 Å². The first-order valence-corrected chi connectivity index (χ1v) is 6.94. The molecule has 1 aliphatic rings. The fraction of sp³-hybridized carbons (Fsp3) is 0.467. The van der Waals surface area contributed by atoms with Crippen LogP contribution in [-0.4, -0.2) is 36.4 Å². The minimum absolute atomic E-state index is 0.0953. The van der Waals surface area contributed by atoms with Gasteiger partial charge in [-0.15, -0.1) is 0 Å². The van der Waals surface area contributed by atoms with Crippen LogP contribution in [0.3, 0.4) is 0 Å². The molecule has 2 amide bonds. The summed E-state index contributed by atoms with van der Waals surface area (Å²) in [6.07, 6.45) is 2.83. The molecule has 0 radical (unpaired) electrons. The highest BCUT2D eigenvalue weighted by Gasteiger charge is 2.25. The van der Waals surface area contributed by atoms with Gasteiger partial charge in [0.1, 0.15) is 0 Å². The van der Waals surface area contributed by atoms with Gasteiger partial charge in [-0.05, 0) is 43.9 Å². The SMILES string of the molecule is COC1CCC(NC(=O)Nc2cc(C(=O)O)ccc2C)C1. The summed E-state index contributed by atoms with van der Waals surface area (Å²) in [7, 11) is 1.67. The summed E-state index contributed by atoms with van der Waals surface area (Å²) in [4.78, 5) is 22.9. The second kappa shape index (κ2) is 6.58. The Balaban J connectivity index is 1.96. The van der Waals surface area contributed by atoms with E-state index in [4.69, 9.17) is 9.84 Å². The molecule has 1 saturated carbocycles. The first-order chi connectivity index (χ1) is 9.99. The van der Waals surface area contributed by atoms with Gasteiger partial charge >= 0.3 is 12.0 Å². The van der Waals surface area contributed by atoms with E-state index in [0.29, 0.717) is 5.69 Å². The quantitative estimate of drug-likeness (QED) is 0.795. The number of nitrogens with one attached hydrogen (secondary N) is 2. The smallest absolute Gasteiger partial charge is 0.335 e. The van der Waals surface area contributed by atoms with Crippen LogP contribution in [0.5, 0.6) is 0 Å². The first kappa shape index (κ1) is 15.3. The van der Waals surface area contributed by atoms with Gasteiger partial charge in [-0.2, -0.15) is 0 Å². The van der Waals surface area contributed by atoms with Gasteiger partial charge in [-0.1, -0.05) is 6.07 Å². The van der Waals surface area contributed by atoms with Crippen LogP contribution in [0.1, 0.15) is 35.2 Å². The van der Waals surface area contributed by atoms with Gasteiger partial charge in [-0.3, -0.25) is 0 Å². The molecular formula is C15H20N2O4. The minimum Gasteiger partial charge on any atom is -0.478 e. The Morgan fingerprint density at radius 1 is 1.33 bits per heavy atom. The number of amides is 2. The molecule has 21 heavy (non-hydrogen) atoms. The number of aromatic carboxylic acids is 1. The van der Waals surface area contributed by atoms with Crippen LogP contribution in [0.15, 0.2) is 18.2 Å². The second-order valence-corrected chi connectivity index (χ2v) is 5.30. The molecule has 2 atom stereocenters. The van der Waals surface area contributed by atoms with Gasteiger partial charge in [0.15, 0.2) is 0 Å². The van der Waals surface area contributed by atoms with Crippen molar-refractivity contribution in [2.45, 2.75) is 38.3 Å². The normalized spacial score (nSPS) is 21.0. The average Bonchev–Trinajstić information content (AvgIpc) is 2.88. The Bertz CT molecular complexity index is 544. The van der Waals surface area contributed by atoms with Crippen LogP contribution in [0, 0.1) is 6.92 Å². The van der Waals surface area contributed by atoms with Crippen molar-refractivity contribution >= 4 is 17.7 Å². The summed E-state index contributed by atoms with van der Waals surface area (Å²) in [5, 5.41) is 14.6. The zero-order valence-electron chi connectivity index (χ0n) is 12.2. The van der Waals surface area contributed by atoms with Gasteiger partial charge in [-0.25, -0.2) is 9.59 Å². The number of aryl methyl sites for hydroxylation is 1. The third-order valence-electron chi connectivity index (χ3n) is 3.79. The van der Waals surface area contributed by atoms with Crippen molar-refractivity contribution in [2.24, 2.45) is 0 Å². The molecule has 6 heteroatoms. The molecule has 1 aromatic carbocycles. The largest absolute Gasteiger partial charge is 0.478 e. The standard InChI is InChI=1S/C15H20N2O4/c1-9-3-4-10(14(18)19)7-13(9)17-15(20)16-11-5-6-12(8-11)21-2/h3-4,7,11-12H,5-6,8H2,1-2H3,(H,18,19)(H2,16,17,20). The number of rotatable bonds is 4. The molecule has 114 valence electrons. The van der Waals surface area contributed by atoms with E-state index in [-0.39, 0.29) is 23.7 Å². The maximum Gasteiger partial charge on any atom is 0.335 e. The number of ether oxygens (including phenoxy) is 1. The summed E-state index contributed by atoms with van der Waals surface area (Å²) in [5.41, 5.74) is 1.47. The van der Waals surface area contributed by atoms with Crippen molar-refractivity contribution in [3.05, 3.63) is 29.3 Å². The number of methoxy groups -OCH3 is 1.